The maximum atomic E-state index is 13.6. The van der Waals surface area contributed by atoms with Crippen LogP contribution in [0.2, 0.25) is 0 Å². The molecule has 0 radical (unpaired) electrons. The number of nitrogens with zero attached hydrogens (tertiary/aromatic N) is 2. The number of benzene rings is 2. The number of halogens is 4. The molecule has 2 heterocycles. The molecule has 1 N–H and O–H groups in total. The van der Waals surface area contributed by atoms with Gasteiger partial charge in [-0.25, -0.2) is 4.39 Å². The lowest BCUT2D eigenvalue weighted by molar-refractivity contribution is -0.140. The molecular formula is C25H19F4N3O2. The number of pyridine rings is 2. The van der Waals surface area contributed by atoms with Crippen LogP contribution in [0.1, 0.15) is 27.2 Å². The fourth-order valence-corrected chi connectivity index (χ4v) is 3.73. The maximum absolute atomic E-state index is 13.6. The molecule has 0 bridgehead atoms. The highest BCUT2D eigenvalue weighted by Crippen LogP contribution is 2.32. The van der Waals surface area contributed by atoms with Crippen molar-refractivity contribution in [1.82, 2.24) is 9.55 Å². The molecule has 0 atom stereocenters. The third-order valence-electron chi connectivity index (χ3n) is 5.56. The standard InChI is InChI=1S/C25H19F4N3O2/c1-13-4-6-17(31-23(33)15-5-7-21(26)20(10-15)25(27,28)29)11-18(13)19-9-16-12-30-14(2)8-22(16)32(3)24(19)34/h4-12H,1-3H3,(H,31,33). The van der Waals surface area contributed by atoms with E-state index in [4.69, 9.17) is 0 Å². The molecule has 0 fully saturated rings. The molecule has 34 heavy (non-hydrogen) atoms. The molecule has 0 aliphatic heterocycles. The van der Waals surface area contributed by atoms with Gasteiger partial charge in [0.05, 0.1) is 11.1 Å². The Morgan fingerprint density at radius 2 is 1.74 bits per heavy atom. The third-order valence-corrected chi connectivity index (χ3v) is 5.56. The van der Waals surface area contributed by atoms with Crippen LogP contribution in [0.5, 0.6) is 0 Å². The quantitative estimate of drug-likeness (QED) is 0.396. The van der Waals surface area contributed by atoms with Gasteiger partial charge in [-0.3, -0.25) is 14.6 Å². The van der Waals surface area contributed by atoms with Gasteiger partial charge in [-0.15, -0.1) is 0 Å². The van der Waals surface area contributed by atoms with Gasteiger partial charge < -0.3 is 9.88 Å². The van der Waals surface area contributed by atoms with Crippen molar-refractivity contribution >= 4 is 22.5 Å². The van der Waals surface area contributed by atoms with Gasteiger partial charge in [0.1, 0.15) is 5.82 Å². The number of aromatic nitrogens is 2. The monoisotopic (exact) mass is 469 g/mol. The SMILES string of the molecule is Cc1cc2c(cn1)cc(-c1cc(NC(=O)c3ccc(F)c(C(F)(F)F)c3)ccc1C)c(=O)n2C. The molecular weight excluding hydrogens is 450 g/mol. The predicted octanol–water partition coefficient (Wildman–Crippen LogP) is 5.63. The van der Waals surface area contributed by atoms with Crippen LogP contribution in [0.3, 0.4) is 0 Å². The third kappa shape index (κ3) is 4.28. The van der Waals surface area contributed by atoms with E-state index in [-0.39, 0.29) is 16.8 Å². The first-order chi connectivity index (χ1) is 16.0. The summed E-state index contributed by atoms with van der Waals surface area (Å²) in [6.07, 6.45) is -3.26. The number of rotatable bonds is 3. The van der Waals surface area contributed by atoms with Crippen molar-refractivity contribution in [2.24, 2.45) is 7.05 Å². The van der Waals surface area contributed by atoms with Gasteiger partial charge in [0.15, 0.2) is 0 Å². The number of aryl methyl sites for hydroxylation is 3. The highest BCUT2D eigenvalue weighted by atomic mass is 19.4. The van der Waals surface area contributed by atoms with Crippen molar-refractivity contribution < 1.29 is 22.4 Å². The lowest BCUT2D eigenvalue weighted by Gasteiger charge is -2.14. The molecule has 4 aromatic rings. The van der Waals surface area contributed by atoms with Gasteiger partial charge in [-0.1, -0.05) is 6.07 Å². The molecule has 2 aromatic carbocycles. The van der Waals surface area contributed by atoms with Crippen LogP contribution in [0.4, 0.5) is 23.2 Å². The van der Waals surface area contributed by atoms with Gasteiger partial charge in [0.2, 0.25) is 0 Å². The largest absolute Gasteiger partial charge is 0.419 e. The number of hydrogen-bond donors (Lipinski definition) is 1. The number of amides is 1. The zero-order valence-electron chi connectivity index (χ0n) is 18.4. The van der Waals surface area contributed by atoms with Crippen molar-refractivity contribution in [1.29, 1.82) is 0 Å². The molecule has 2 aromatic heterocycles. The topological polar surface area (TPSA) is 64.0 Å². The molecule has 5 nitrogen and oxygen atoms in total. The fraction of sp³-hybridized carbons (Fsp3) is 0.160. The summed E-state index contributed by atoms with van der Waals surface area (Å²) in [5, 5.41) is 3.27. The zero-order valence-corrected chi connectivity index (χ0v) is 18.4. The number of anilines is 1. The molecule has 4 rings (SSSR count). The number of alkyl halides is 3. The molecule has 1 amide bonds. The molecule has 0 saturated carbocycles. The number of hydrogen-bond acceptors (Lipinski definition) is 3. The van der Waals surface area contributed by atoms with Gasteiger partial charge >= 0.3 is 6.18 Å². The van der Waals surface area contributed by atoms with E-state index >= 15 is 0 Å². The van der Waals surface area contributed by atoms with Crippen LogP contribution in [0.25, 0.3) is 22.0 Å². The average molecular weight is 469 g/mol. The summed E-state index contributed by atoms with van der Waals surface area (Å²) in [5.41, 5.74) is 1.34. The second-order valence-electron chi connectivity index (χ2n) is 7.98. The second kappa shape index (κ2) is 8.40. The summed E-state index contributed by atoms with van der Waals surface area (Å²) in [4.78, 5) is 29.9. The number of fused-ring (bicyclic) bond motifs is 1. The maximum Gasteiger partial charge on any atom is 0.419 e. The summed E-state index contributed by atoms with van der Waals surface area (Å²) >= 11 is 0. The van der Waals surface area contributed by atoms with Crippen LogP contribution in [0, 0.1) is 19.7 Å². The van der Waals surface area contributed by atoms with Gasteiger partial charge in [0.25, 0.3) is 11.5 Å². The number of carbonyl (C=O) groups is 1. The van der Waals surface area contributed by atoms with E-state index in [1.165, 1.54) is 4.57 Å². The van der Waals surface area contributed by atoms with Crippen molar-refractivity contribution in [3.63, 3.8) is 0 Å². The minimum absolute atomic E-state index is 0.252. The Labute approximate surface area is 191 Å². The Bertz CT molecular complexity index is 1510. The van der Waals surface area contributed by atoms with E-state index in [2.05, 4.69) is 10.3 Å². The number of nitrogens with one attached hydrogen (secondary N) is 1. The fourth-order valence-electron chi connectivity index (χ4n) is 3.73. The van der Waals surface area contributed by atoms with E-state index in [1.807, 2.05) is 13.0 Å². The predicted molar refractivity (Wildman–Crippen MR) is 121 cm³/mol. The van der Waals surface area contributed by atoms with E-state index in [0.29, 0.717) is 23.3 Å². The van der Waals surface area contributed by atoms with E-state index in [0.717, 1.165) is 28.2 Å². The first kappa shape index (κ1) is 23.2. The minimum Gasteiger partial charge on any atom is -0.322 e. The molecule has 0 spiro atoms. The molecule has 9 heteroatoms. The van der Waals surface area contributed by atoms with Crippen LogP contribution in [-0.2, 0) is 13.2 Å². The highest BCUT2D eigenvalue weighted by molar-refractivity contribution is 6.04. The molecule has 0 saturated heterocycles. The van der Waals surface area contributed by atoms with Crippen molar-refractivity contribution in [3.8, 4) is 11.1 Å². The molecule has 0 aliphatic carbocycles. The Kier molecular flexibility index (Phi) is 5.72. The molecule has 0 aliphatic rings. The first-order valence-corrected chi connectivity index (χ1v) is 10.2. The second-order valence-corrected chi connectivity index (χ2v) is 7.98. The number of carbonyl (C=O) groups excluding carboxylic acids is 1. The summed E-state index contributed by atoms with van der Waals surface area (Å²) < 4.78 is 54.1. The van der Waals surface area contributed by atoms with Crippen LogP contribution in [-0.4, -0.2) is 15.5 Å². The first-order valence-electron chi connectivity index (χ1n) is 10.2. The van der Waals surface area contributed by atoms with Gasteiger partial charge in [-0.05, 0) is 67.4 Å². The summed E-state index contributed by atoms with van der Waals surface area (Å²) in [7, 11) is 1.65. The Morgan fingerprint density at radius 3 is 2.44 bits per heavy atom. The highest BCUT2D eigenvalue weighted by Gasteiger charge is 2.34. The van der Waals surface area contributed by atoms with Crippen LogP contribution >= 0.6 is 0 Å². The van der Waals surface area contributed by atoms with Crippen molar-refractivity contribution in [2.75, 3.05) is 5.32 Å². The van der Waals surface area contributed by atoms with Crippen molar-refractivity contribution in [3.05, 3.63) is 93.3 Å². The zero-order chi connectivity index (χ0) is 24.8. The smallest absolute Gasteiger partial charge is 0.322 e. The minimum atomic E-state index is -4.93. The normalized spacial score (nSPS) is 11.6. The molecule has 174 valence electrons. The Hall–Kier alpha value is -4.01. The summed E-state index contributed by atoms with van der Waals surface area (Å²) in [5.74, 6) is -2.30. The van der Waals surface area contributed by atoms with E-state index in [1.54, 1.807) is 44.4 Å². The van der Waals surface area contributed by atoms with E-state index < -0.39 is 23.5 Å². The van der Waals surface area contributed by atoms with Gasteiger partial charge in [-0.2, -0.15) is 13.2 Å². The molecule has 0 unspecified atom stereocenters. The lowest BCUT2D eigenvalue weighted by atomic mass is 9.99. The van der Waals surface area contributed by atoms with E-state index in [9.17, 15) is 27.2 Å². The summed E-state index contributed by atoms with van der Waals surface area (Å²) in [6, 6.07) is 10.4. The summed E-state index contributed by atoms with van der Waals surface area (Å²) in [6.45, 7) is 3.63. The average Bonchev–Trinajstić information content (AvgIpc) is 2.77. The Balaban J connectivity index is 1.73. The van der Waals surface area contributed by atoms with Crippen molar-refractivity contribution in [2.45, 2.75) is 20.0 Å². The van der Waals surface area contributed by atoms with Crippen LogP contribution < -0.4 is 10.9 Å². The Morgan fingerprint density at radius 1 is 1.00 bits per heavy atom. The lowest BCUT2D eigenvalue weighted by Crippen LogP contribution is -2.19. The van der Waals surface area contributed by atoms with Crippen LogP contribution in [0.15, 0.2) is 59.5 Å². The van der Waals surface area contributed by atoms with Gasteiger partial charge in [0, 0.05) is 41.1 Å².